The van der Waals surface area contributed by atoms with Crippen molar-refractivity contribution in [2.24, 2.45) is 5.41 Å². The predicted molar refractivity (Wildman–Crippen MR) is 85.7 cm³/mol. The molecule has 0 aromatic rings. The number of nitrogens with zero attached hydrogens (tertiary/aromatic N) is 1. The first-order valence-electron chi connectivity index (χ1n) is 8.68. The van der Waals surface area contributed by atoms with Gasteiger partial charge >= 0.3 is 0 Å². The van der Waals surface area contributed by atoms with Crippen LogP contribution in [0.5, 0.6) is 0 Å². The lowest BCUT2D eigenvalue weighted by Gasteiger charge is -2.40. The number of piperidine rings is 1. The highest BCUT2D eigenvalue weighted by atomic mass is 32.2. The van der Waals surface area contributed by atoms with Crippen molar-refractivity contribution in [1.29, 1.82) is 0 Å². The van der Waals surface area contributed by atoms with E-state index in [1.54, 1.807) is 4.31 Å². The van der Waals surface area contributed by atoms with E-state index in [9.17, 15) is 8.42 Å². The second kappa shape index (κ2) is 6.17. The third kappa shape index (κ3) is 3.80. The van der Waals surface area contributed by atoms with Crippen molar-refractivity contribution >= 4 is 10.0 Å². The molecule has 2 saturated carbocycles. The zero-order chi connectivity index (χ0) is 14.9. The summed E-state index contributed by atoms with van der Waals surface area (Å²) in [5.74, 6) is 0. The highest BCUT2D eigenvalue weighted by Gasteiger charge is 2.38. The highest BCUT2D eigenvalue weighted by Crippen LogP contribution is 2.48. The van der Waals surface area contributed by atoms with Gasteiger partial charge in [0.05, 0.1) is 6.26 Å². The van der Waals surface area contributed by atoms with E-state index in [-0.39, 0.29) is 0 Å². The van der Waals surface area contributed by atoms with Gasteiger partial charge in [0.25, 0.3) is 0 Å². The van der Waals surface area contributed by atoms with E-state index in [4.69, 9.17) is 0 Å². The molecule has 21 heavy (non-hydrogen) atoms. The molecule has 3 fully saturated rings. The van der Waals surface area contributed by atoms with Crippen molar-refractivity contribution in [3.63, 3.8) is 0 Å². The van der Waals surface area contributed by atoms with E-state index in [0.717, 1.165) is 12.8 Å². The molecule has 0 aromatic carbocycles. The molecule has 122 valence electrons. The van der Waals surface area contributed by atoms with Crippen LogP contribution in [0.15, 0.2) is 0 Å². The number of sulfonamides is 1. The van der Waals surface area contributed by atoms with E-state index in [1.807, 2.05) is 0 Å². The zero-order valence-corrected chi connectivity index (χ0v) is 14.1. The van der Waals surface area contributed by atoms with Crippen LogP contribution in [0.4, 0.5) is 0 Å². The Morgan fingerprint density at radius 3 is 1.95 bits per heavy atom. The molecule has 0 atom stereocenters. The van der Waals surface area contributed by atoms with Crippen LogP contribution >= 0.6 is 0 Å². The zero-order valence-electron chi connectivity index (χ0n) is 13.3. The molecule has 1 saturated heterocycles. The minimum atomic E-state index is -2.99. The number of rotatable bonds is 3. The maximum absolute atomic E-state index is 11.5. The molecule has 1 heterocycles. The maximum Gasteiger partial charge on any atom is 0.211 e. The summed E-state index contributed by atoms with van der Waals surface area (Å²) in [6.07, 6.45) is 14.5. The quantitative estimate of drug-likeness (QED) is 0.871. The van der Waals surface area contributed by atoms with E-state index in [1.165, 1.54) is 57.6 Å². The van der Waals surface area contributed by atoms with Gasteiger partial charge in [-0.3, -0.25) is 0 Å². The van der Waals surface area contributed by atoms with Gasteiger partial charge in [0, 0.05) is 25.2 Å². The molecule has 4 nitrogen and oxygen atoms in total. The van der Waals surface area contributed by atoms with Gasteiger partial charge in [0.2, 0.25) is 10.0 Å². The minimum absolute atomic E-state index is 0.519. The third-order valence-corrected chi connectivity index (χ3v) is 7.41. The summed E-state index contributed by atoms with van der Waals surface area (Å²) in [4.78, 5) is 0. The van der Waals surface area contributed by atoms with Crippen LogP contribution in [0.2, 0.25) is 0 Å². The molecule has 1 aliphatic heterocycles. The van der Waals surface area contributed by atoms with Crippen molar-refractivity contribution in [3.8, 4) is 0 Å². The monoisotopic (exact) mass is 314 g/mol. The van der Waals surface area contributed by atoms with E-state index in [0.29, 0.717) is 30.6 Å². The molecular weight excluding hydrogens is 284 g/mol. The van der Waals surface area contributed by atoms with E-state index in [2.05, 4.69) is 5.32 Å². The van der Waals surface area contributed by atoms with Gasteiger partial charge in [-0.25, -0.2) is 12.7 Å². The summed E-state index contributed by atoms with van der Waals surface area (Å²) in [5.41, 5.74) is 0.706. The molecule has 2 aliphatic carbocycles. The third-order valence-electron chi connectivity index (χ3n) is 6.10. The van der Waals surface area contributed by atoms with Crippen LogP contribution in [-0.4, -0.2) is 44.2 Å². The normalized spacial score (nSPS) is 29.2. The second-order valence-corrected chi connectivity index (χ2v) is 9.57. The number of nitrogens with one attached hydrogen (secondary N) is 1. The molecule has 0 amide bonds. The Morgan fingerprint density at radius 1 is 0.905 bits per heavy atom. The summed E-state index contributed by atoms with van der Waals surface area (Å²) >= 11 is 0. The van der Waals surface area contributed by atoms with Gasteiger partial charge in [-0.15, -0.1) is 0 Å². The largest absolute Gasteiger partial charge is 0.311 e. The molecule has 0 radical (unpaired) electrons. The van der Waals surface area contributed by atoms with Gasteiger partial charge in [-0.05, 0) is 56.8 Å². The maximum atomic E-state index is 11.5. The second-order valence-electron chi connectivity index (χ2n) is 7.58. The Labute approximate surface area is 129 Å². The fourth-order valence-corrected chi connectivity index (χ4v) is 5.58. The lowest BCUT2D eigenvalue weighted by molar-refractivity contribution is 0.154. The molecule has 5 heteroatoms. The van der Waals surface area contributed by atoms with Gasteiger partial charge in [-0.1, -0.05) is 12.8 Å². The van der Waals surface area contributed by atoms with Crippen LogP contribution in [0.25, 0.3) is 0 Å². The lowest BCUT2D eigenvalue weighted by Crippen LogP contribution is -2.48. The van der Waals surface area contributed by atoms with Gasteiger partial charge in [0.1, 0.15) is 0 Å². The van der Waals surface area contributed by atoms with E-state index >= 15 is 0 Å². The number of hydrogen-bond acceptors (Lipinski definition) is 3. The Kier molecular flexibility index (Phi) is 4.63. The van der Waals surface area contributed by atoms with Crippen LogP contribution in [0.3, 0.4) is 0 Å². The van der Waals surface area contributed by atoms with Gasteiger partial charge in [-0.2, -0.15) is 0 Å². The summed E-state index contributed by atoms with van der Waals surface area (Å²) in [6.45, 7) is 1.38. The Bertz CT molecular complexity index is 439. The topological polar surface area (TPSA) is 49.4 Å². The van der Waals surface area contributed by atoms with Crippen LogP contribution in [0.1, 0.15) is 64.2 Å². The SMILES string of the molecule is CS(=O)(=O)N1CCC(NC2CCC3(CCCC3)CC2)CC1. The van der Waals surface area contributed by atoms with E-state index < -0.39 is 10.0 Å². The van der Waals surface area contributed by atoms with Gasteiger partial charge in [0.15, 0.2) is 0 Å². The minimum Gasteiger partial charge on any atom is -0.311 e. The number of hydrogen-bond donors (Lipinski definition) is 1. The Morgan fingerprint density at radius 2 is 1.43 bits per heavy atom. The summed E-state index contributed by atoms with van der Waals surface area (Å²) in [6, 6.07) is 1.19. The standard InChI is InChI=1S/C16H30N2O2S/c1-21(19,20)18-12-6-15(7-13-18)17-14-4-10-16(11-5-14)8-2-3-9-16/h14-15,17H,2-13H2,1H3. The first-order valence-corrected chi connectivity index (χ1v) is 10.5. The van der Waals surface area contributed by atoms with Gasteiger partial charge < -0.3 is 5.32 Å². The van der Waals surface area contributed by atoms with Crippen molar-refractivity contribution in [3.05, 3.63) is 0 Å². The average molecular weight is 314 g/mol. The molecule has 0 unspecified atom stereocenters. The predicted octanol–water partition coefficient (Wildman–Crippen LogP) is 2.50. The average Bonchev–Trinajstić information content (AvgIpc) is 2.90. The van der Waals surface area contributed by atoms with Crippen LogP contribution in [-0.2, 0) is 10.0 Å². The summed E-state index contributed by atoms with van der Waals surface area (Å²) < 4.78 is 24.7. The van der Waals surface area contributed by atoms with Crippen molar-refractivity contribution < 1.29 is 8.42 Å². The van der Waals surface area contributed by atoms with Crippen LogP contribution < -0.4 is 5.32 Å². The fourth-order valence-electron chi connectivity index (χ4n) is 4.71. The molecule has 3 aliphatic rings. The van der Waals surface area contributed by atoms with Crippen molar-refractivity contribution in [2.75, 3.05) is 19.3 Å². The fraction of sp³-hybridized carbons (Fsp3) is 1.00. The van der Waals surface area contributed by atoms with Crippen LogP contribution in [0, 0.1) is 5.41 Å². The Hall–Kier alpha value is -0.130. The summed E-state index contributed by atoms with van der Waals surface area (Å²) in [7, 11) is -2.99. The molecule has 0 aromatic heterocycles. The summed E-state index contributed by atoms with van der Waals surface area (Å²) in [5, 5.41) is 3.81. The Balaban J connectivity index is 1.42. The molecule has 1 spiro atoms. The smallest absolute Gasteiger partial charge is 0.211 e. The van der Waals surface area contributed by atoms with Crippen molar-refractivity contribution in [2.45, 2.75) is 76.3 Å². The lowest BCUT2D eigenvalue weighted by atomic mass is 9.71. The first-order chi connectivity index (χ1) is 9.97. The molecule has 1 N–H and O–H groups in total. The highest BCUT2D eigenvalue weighted by molar-refractivity contribution is 7.88. The van der Waals surface area contributed by atoms with Crippen molar-refractivity contribution in [1.82, 2.24) is 9.62 Å². The first kappa shape index (κ1) is 15.8. The molecule has 0 bridgehead atoms. The molecule has 3 rings (SSSR count). The molecular formula is C16H30N2O2S.